The van der Waals surface area contributed by atoms with Crippen LogP contribution in [0, 0.1) is 12.8 Å². The third-order valence-corrected chi connectivity index (χ3v) is 4.23. The molecule has 1 amide bonds. The Kier molecular flexibility index (Phi) is 2.69. The second-order valence-corrected chi connectivity index (χ2v) is 5.36. The van der Waals surface area contributed by atoms with Crippen LogP contribution in [0.15, 0.2) is 23.4 Å². The summed E-state index contributed by atoms with van der Waals surface area (Å²) in [6, 6.07) is 5.97. The van der Waals surface area contributed by atoms with Crippen LogP contribution in [0.1, 0.15) is 30.4 Å². The summed E-state index contributed by atoms with van der Waals surface area (Å²) in [5.41, 5.74) is 8.13. The Morgan fingerprint density at radius 3 is 2.84 bits per heavy atom. The molecule has 2 bridgehead atoms. The molecule has 2 aliphatic rings. The fraction of sp³-hybridized carbons (Fsp3) is 0.429. The van der Waals surface area contributed by atoms with E-state index in [9.17, 15) is 4.79 Å². The summed E-state index contributed by atoms with van der Waals surface area (Å²) >= 11 is 0. The molecule has 2 fully saturated rings. The molecule has 1 aliphatic carbocycles. The minimum absolute atomic E-state index is 0.0957. The molecule has 2 atom stereocenters. The zero-order chi connectivity index (χ0) is 13.6. The van der Waals surface area contributed by atoms with E-state index in [4.69, 9.17) is 10.9 Å². The van der Waals surface area contributed by atoms with Crippen LogP contribution in [-0.4, -0.2) is 23.0 Å². The van der Waals surface area contributed by atoms with Gasteiger partial charge in [0.15, 0.2) is 5.84 Å². The highest BCUT2D eigenvalue weighted by atomic mass is 16.4. The van der Waals surface area contributed by atoms with Gasteiger partial charge in [-0.05, 0) is 49.9 Å². The van der Waals surface area contributed by atoms with Crippen LogP contribution >= 0.6 is 0 Å². The maximum absolute atomic E-state index is 12.2. The first kappa shape index (κ1) is 12.0. The van der Waals surface area contributed by atoms with Gasteiger partial charge in [0.1, 0.15) is 0 Å². The highest BCUT2D eigenvalue weighted by molar-refractivity contribution is 6.01. The average molecular weight is 259 g/mol. The summed E-state index contributed by atoms with van der Waals surface area (Å²) in [7, 11) is 0. The quantitative estimate of drug-likeness (QED) is 0.366. The molecule has 3 N–H and O–H groups in total. The van der Waals surface area contributed by atoms with Crippen molar-refractivity contribution in [3.05, 3.63) is 29.3 Å². The smallest absolute Gasteiger partial charge is 0.230 e. The molecule has 1 saturated heterocycles. The number of anilines is 1. The van der Waals surface area contributed by atoms with E-state index in [0.29, 0.717) is 11.6 Å². The first-order valence-corrected chi connectivity index (χ1v) is 6.53. The number of oxime groups is 1. The van der Waals surface area contributed by atoms with Crippen LogP contribution in [0.25, 0.3) is 0 Å². The number of nitrogens with zero attached hydrogens (tertiary/aromatic N) is 2. The summed E-state index contributed by atoms with van der Waals surface area (Å²) in [5.74, 6) is 0.555. The number of benzene rings is 1. The third kappa shape index (κ3) is 1.77. The molecule has 1 aromatic carbocycles. The number of amides is 1. The minimum atomic E-state index is 0.0957. The van der Waals surface area contributed by atoms with Gasteiger partial charge in [-0.25, -0.2) is 0 Å². The van der Waals surface area contributed by atoms with Crippen LogP contribution < -0.4 is 10.6 Å². The number of aryl methyl sites for hydroxylation is 1. The monoisotopic (exact) mass is 259 g/mol. The molecule has 0 unspecified atom stereocenters. The van der Waals surface area contributed by atoms with Gasteiger partial charge in [-0.1, -0.05) is 5.16 Å². The van der Waals surface area contributed by atoms with Gasteiger partial charge in [-0.3, -0.25) is 4.79 Å². The standard InChI is InChI=1S/C14H17N3O2/c1-8-6-10(4-5-12(8)13(15)16-19)17-11-3-2-9(7-11)14(17)18/h4-6,9,11,19H,2-3,7H2,1H3,(H2,15,16)/t9-,11+/m0/s1. The number of carbonyl (C=O) groups excluding carboxylic acids is 1. The van der Waals surface area contributed by atoms with E-state index in [1.807, 2.05) is 24.0 Å². The number of nitrogens with two attached hydrogens (primary N) is 1. The Hall–Kier alpha value is -2.04. The van der Waals surface area contributed by atoms with Crippen molar-refractivity contribution in [2.24, 2.45) is 16.8 Å². The largest absolute Gasteiger partial charge is 0.409 e. The molecule has 0 spiro atoms. The number of amidine groups is 1. The van der Waals surface area contributed by atoms with E-state index in [1.165, 1.54) is 0 Å². The van der Waals surface area contributed by atoms with Crippen LogP contribution in [0.3, 0.4) is 0 Å². The molecular weight excluding hydrogens is 242 g/mol. The summed E-state index contributed by atoms with van der Waals surface area (Å²) in [4.78, 5) is 14.1. The average Bonchev–Trinajstić information content (AvgIpc) is 2.98. The molecule has 1 aliphatic heterocycles. The predicted octanol–water partition coefficient (Wildman–Crippen LogP) is 1.60. The maximum Gasteiger partial charge on any atom is 0.230 e. The van der Waals surface area contributed by atoms with Crippen LogP contribution in [-0.2, 0) is 4.79 Å². The predicted molar refractivity (Wildman–Crippen MR) is 72.3 cm³/mol. The fourth-order valence-corrected chi connectivity index (χ4v) is 3.27. The highest BCUT2D eigenvalue weighted by Crippen LogP contribution is 2.41. The van der Waals surface area contributed by atoms with Gasteiger partial charge in [-0.2, -0.15) is 0 Å². The van der Waals surface area contributed by atoms with Crippen molar-refractivity contribution in [1.29, 1.82) is 0 Å². The van der Waals surface area contributed by atoms with Crippen molar-refractivity contribution >= 4 is 17.4 Å². The summed E-state index contributed by atoms with van der Waals surface area (Å²) in [6.45, 7) is 1.90. The fourth-order valence-electron chi connectivity index (χ4n) is 3.27. The first-order chi connectivity index (χ1) is 9.11. The van der Waals surface area contributed by atoms with Gasteiger partial charge < -0.3 is 15.8 Å². The second kappa shape index (κ2) is 4.26. The molecule has 1 heterocycles. The van der Waals surface area contributed by atoms with Crippen molar-refractivity contribution in [3.63, 3.8) is 0 Å². The summed E-state index contributed by atoms with van der Waals surface area (Å²) < 4.78 is 0. The lowest BCUT2D eigenvalue weighted by molar-refractivity contribution is -0.121. The van der Waals surface area contributed by atoms with Crippen molar-refractivity contribution in [2.45, 2.75) is 32.2 Å². The lowest BCUT2D eigenvalue weighted by Crippen LogP contribution is -2.37. The zero-order valence-corrected chi connectivity index (χ0v) is 10.8. The van der Waals surface area contributed by atoms with Gasteiger partial charge in [0, 0.05) is 23.2 Å². The van der Waals surface area contributed by atoms with E-state index in [0.717, 1.165) is 30.5 Å². The SMILES string of the molecule is Cc1cc(N2C(=O)[C@H]3CC[C@@H]2C3)ccc1/C(N)=N/O. The van der Waals surface area contributed by atoms with Gasteiger partial charge in [0.05, 0.1) is 0 Å². The van der Waals surface area contributed by atoms with Crippen LogP contribution in [0.5, 0.6) is 0 Å². The molecule has 3 rings (SSSR count). The summed E-state index contributed by atoms with van der Waals surface area (Å²) in [5, 5.41) is 11.7. The van der Waals surface area contributed by atoms with Crippen molar-refractivity contribution in [3.8, 4) is 0 Å². The van der Waals surface area contributed by atoms with Gasteiger partial charge in [0.25, 0.3) is 0 Å². The number of hydrogen-bond donors (Lipinski definition) is 2. The second-order valence-electron chi connectivity index (χ2n) is 5.36. The third-order valence-electron chi connectivity index (χ3n) is 4.23. The van der Waals surface area contributed by atoms with E-state index >= 15 is 0 Å². The van der Waals surface area contributed by atoms with Crippen molar-refractivity contribution in [1.82, 2.24) is 0 Å². The Balaban J connectivity index is 1.95. The first-order valence-electron chi connectivity index (χ1n) is 6.53. The Morgan fingerprint density at radius 2 is 2.26 bits per heavy atom. The van der Waals surface area contributed by atoms with Gasteiger partial charge in [-0.15, -0.1) is 0 Å². The molecule has 100 valence electrons. The Bertz CT molecular complexity index is 568. The van der Waals surface area contributed by atoms with E-state index in [2.05, 4.69) is 5.16 Å². The number of fused-ring (bicyclic) bond motifs is 2. The number of carbonyl (C=O) groups is 1. The molecule has 1 aromatic rings. The minimum Gasteiger partial charge on any atom is -0.409 e. The lowest BCUT2D eigenvalue weighted by Gasteiger charge is -2.27. The maximum atomic E-state index is 12.2. The van der Waals surface area contributed by atoms with E-state index < -0.39 is 0 Å². The van der Waals surface area contributed by atoms with E-state index in [1.54, 1.807) is 6.07 Å². The molecule has 0 aromatic heterocycles. The number of piperidine rings is 1. The molecule has 5 nitrogen and oxygen atoms in total. The number of hydrogen-bond acceptors (Lipinski definition) is 3. The molecule has 5 heteroatoms. The topological polar surface area (TPSA) is 78.9 Å². The summed E-state index contributed by atoms with van der Waals surface area (Å²) in [6.07, 6.45) is 3.11. The van der Waals surface area contributed by atoms with E-state index in [-0.39, 0.29) is 17.7 Å². The lowest BCUT2D eigenvalue weighted by atomic mass is 10.0. The van der Waals surface area contributed by atoms with Crippen molar-refractivity contribution < 1.29 is 10.0 Å². The normalized spacial score (nSPS) is 26.3. The van der Waals surface area contributed by atoms with Crippen LogP contribution in [0.2, 0.25) is 0 Å². The van der Waals surface area contributed by atoms with Crippen LogP contribution in [0.4, 0.5) is 5.69 Å². The van der Waals surface area contributed by atoms with Gasteiger partial charge in [0.2, 0.25) is 5.91 Å². The zero-order valence-electron chi connectivity index (χ0n) is 10.8. The molecule has 19 heavy (non-hydrogen) atoms. The van der Waals surface area contributed by atoms with Gasteiger partial charge >= 0.3 is 0 Å². The Morgan fingerprint density at radius 1 is 1.47 bits per heavy atom. The Labute approximate surface area is 111 Å². The highest BCUT2D eigenvalue weighted by Gasteiger charge is 2.45. The molecular formula is C14H17N3O2. The molecule has 1 saturated carbocycles. The number of rotatable bonds is 2. The molecule has 0 radical (unpaired) electrons. The van der Waals surface area contributed by atoms with Crippen molar-refractivity contribution in [2.75, 3.05) is 4.90 Å².